The Hall–Kier alpha value is -1.21. The van der Waals surface area contributed by atoms with Gasteiger partial charge in [-0.15, -0.1) is 11.3 Å². The van der Waals surface area contributed by atoms with Crippen molar-refractivity contribution in [1.29, 1.82) is 0 Å². The minimum absolute atomic E-state index is 0.0406. The van der Waals surface area contributed by atoms with Crippen LogP contribution in [-0.2, 0) is 4.74 Å². The van der Waals surface area contributed by atoms with Gasteiger partial charge in [-0.2, -0.15) is 0 Å². The molecule has 1 N–H and O–H groups in total. The maximum atomic E-state index is 12.4. The summed E-state index contributed by atoms with van der Waals surface area (Å²) in [5, 5.41) is 5.16. The number of nitrogens with one attached hydrogen (secondary N) is 1. The molecule has 6 heteroatoms. The van der Waals surface area contributed by atoms with Crippen LogP contribution < -0.4 is 5.32 Å². The fourth-order valence-corrected chi connectivity index (χ4v) is 3.96. The van der Waals surface area contributed by atoms with Crippen molar-refractivity contribution in [1.82, 2.24) is 10.2 Å². The Balaban J connectivity index is 1.67. The molecule has 23 heavy (non-hydrogen) atoms. The highest BCUT2D eigenvalue weighted by molar-refractivity contribution is 9.10. The van der Waals surface area contributed by atoms with E-state index in [-0.39, 0.29) is 11.9 Å². The standard InChI is InChI=1S/C17H19BrN2O2S/c18-14-4-1-3-13(11-14)17(21)19-12-15(16-5-2-10-23-16)20-6-8-22-9-7-20/h1-5,10-11,15H,6-9,12H2,(H,19,21)/t15-/m1/s1. The third kappa shape index (κ3) is 4.41. The molecule has 0 aliphatic carbocycles. The first-order valence-corrected chi connectivity index (χ1v) is 9.30. The average molecular weight is 395 g/mol. The molecule has 4 nitrogen and oxygen atoms in total. The molecule has 2 aromatic rings. The molecule has 1 aliphatic heterocycles. The van der Waals surface area contributed by atoms with Crippen molar-refractivity contribution >= 4 is 33.2 Å². The molecule has 0 spiro atoms. The smallest absolute Gasteiger partial charge is 0.251 e. The van der Waals surface area contributed by atoms with E-state index in [0.717, 1.165) is 30.8 Å². The largest absolute Gasteiger partial charge is 0.379 e. The Morgan fingerprint density at radius 3 is 2.83 bits per heavy atom. The first-order valence-electron chi connectivity index (χ1n) is 7.63. The first-order chi connectivity index (χ1) is 11.2. The number of rotatable bonds is 5. The minimum Gasteiger partial charge on any atom is -0.379 e. The average Bonchev–Trinajstić information content (AvgIpc) is 3.10. The van der Waals surface area contributed by atoms with Gasteiger partial charge in [-0.3, -0.25) is 9.69 Å². The third-order valence-electron chi connectivity index (χ3n) is 3.90. The van der Waals surface area contributed by atoms with Crippen molar-refractivity contribution in [2.24, 2.45) is 0 Å². The molecule has 2 heterocycles. The lowest BCUT2D eigenvalue weighted by Crippen LogP contribution is -2.43. The number of thiophene rings is 1. The summed E-state index contributed by atoms with van der Waals surface area (Å²) in [5.74, 6) is -0.0406. The van der Waals surface area contributed by atoms with Crippen LogP contribution >= 0.6 is 27.3 Å². The molecular weight excluding hydrogens is 376 g/mol. The van der Waals surface area contributed by atoms with E-state index >= 15 is 0 Å². The predicted octanol–water partition coefficient (Wildman–Crippen LogP) is 3.31. The normalized spacial score (nSPS) is 16.9. The van der Waals surface area contributed by atoms with Gasteiger partial charge >= 0.3 is 0 Å². The van der Waals surface area contributed by atoms with Crippen molar-refractivity contribution in [2.75, 3.05) is 32.8 Å². The molecule has 1 atom stereocenters. The molecule has 1 amide bonds. The fourth-order valence-electron chi connectivity index (χ4n) is 2.70. The van der Waals surface area contributed by atoms with Gasteiger partial charge in [0.1, 0.15) is 0 Å². The van der Waals surface area contributed by atoms with E-state index in [9.17, 15) is 4.79 Å². The number of carbonyl (C=O) groups excluding carboxylic acids is 1. The van der Waals surface area contributed by atoms with Gasteiger partial charge in [-0.05, 0) is 29.6 Å². The number of benzene rings is 1. The lowest BCUT2D eigenvalue weighted by molar-refractivity contribution is 0.0169. The SMILES string of the molecule is O=C(NC[C@H](c1cccs1)N1CCOCC1)c1cccc(Br)c1. The minimum atomic E-state index is -0.0406. The summed E-state index contributed by atoms with van der Waals surface area (Å²) in [6.07, 6.45) is 0. The number of carbonyl (C=O) groups is 1. The van der Waals surface area contributed by atoms with Gasteiger partial charge in [0.05, 0.1) is 19.3 Å². The maximum absolute atomic E-state index is 12.4. The van der Waals surface area contributed by atoms with Crippen molar-refractivity contribution in [3.63, 3.8) is 0 Å². The van der Waals surface area contributed by atoms with Crippen molar-refractivity contribution in [2.45, 2.75) is 6.04 Å². The number of hydrogen-bond acceptors (Lipinski definition) is 4. The number of hydrogen-bond donors (Lipinski definition) is 1. The summed E-state index contributed by atoms with van der Waals surface area (Å²) >= 11 is 5.14. The first kappa shape index (κ1) is 16.6. The lowest BCUT2D eigenvalue weighted by Gasteiger charge is -2.34. The Morgan fingerprint density at radius 2 is 2.13 bits per heavy atom. The molecule has 1 aromatic heterocycles. The van der Waals surface area contributed by atoms with Crippen LogP contribution in [0.25, 0.3) is 0 Å². The maximum Gasteiger partial charge on any atom is 0.251 e. The van der Waals surface area contributed by atoms with Crippen LogP contribution in [0, 0.1) is 0 Å². The summed E-state index contributed by atoms with van der Waals surface area (Å²) in [7, 11) is 0. The topological polar surface area (TPSA) is 41.6 Å². The highest BCUT2D eigenvalue weighted by atomic mass is 79.9. The van der Waals surface area contributed by atoms with Crippen LogP contribution in [0.15, 0.2) is 46.3 Å². The second-order valence-corrected chi connectivity index (χ2v) is 7.29. The molecule has 3 rings (SSSR count). The van der Waals surface area contributed by atoms with E-state index in [1.54, 1.807) is 11.3 Å². The summed E-state index contributed by atoms with van der Waals surface area (Å²) in [6.45, 7) is 3.90. The molecule has 1 aliphatic rings. The van der Waals surface area contributed by atoms with Gasteiger partial charge in [-0.25, -0.2) is 0 Å². The van der Waals surface area contributed by atoms with Crippen LogP contribution in [0.2, 0.25) is 0 Å². The Kier molecular flexibility index (Phi) is 5.83. The predicted molar refractivity (Wildman–Crippen MR) is 95.9 cm³/mol. The van der Waals surface area contributed by atoms with Crippen LogP contribution in [0.1, 0.15) is 21.3 Å². The summed E-state index contributed by atoms with van der Waals surface area (Å²) in [4.78, 5) is 16.0. The zero-order valence-corrected chi connectivity index (χ0v) is 15.1. The Bertz CT molecular complexity index is 642. The number of halogens is 1. The summed E-state index contributed by atoms with van der Waals surface area (Å²) in [5.41, 5.74) is 0.672. The van der Waals surface area contributed by atoms with Crippen LogP contribution in [0.5, 0.6) is 0 Å². The van der Waals surface area contributed by atoms with Gasteiger partial charge < -0.3 is 10.1 Å². The van der Waals surface area contributed by atoms with Crippen molar-refractivity contribution in [3.05, 3.63) is 56.7 Å². The van der Waals surface area contributed by atoms with Crippen LogP contribution in [0.3, 0.4) is 0 Å². The van der Waals surface area contributed by atoms with Gasteiger partial charge in [0, 0.05) is 34.5 Å². The number of amides is 1. The lowest BCUT2D eigenvalue weighted by atomic mass is 10.1. The molecule has 0 saturated carbocycles. The molecule has 122 valence electrons. The van der Waals surface area contributed by atoms with E-state index in [0.29, 0.717) is 12.1 Å². The van der Waals surface area contributed by atoms with Gasteiger partial charge in [0.2, 0.25) is 0 Å². The van der Waals surface area contributed by atoms with E-state index in [1.807, 2.05) is 24.3 Å². The summed E-state index contributed by atoms with van der Waals surface area (Å²) < 4.78 is 6.35. The molecule has 1 saturated heterocycles. The number of morpholine rings is 1. The highest BCUT2D eigenvalue weighted by Crippen LogP contribution is 2.25. The Labute approximate surface area is 148 Å². The zero-order valence-electron chi connectivity index (χ0n) is 12.7. The molecule has 0 radical (unpaired) electrons. The fraction of sp³-hybridized carbons (Fsp3) is 0.353. The van der Waals surface area contributed by atoms with E-state index in [2.05, 4.69) is 43.7 Å². The second kappa shape index (κ2) is 8.06. The van der Waals surface area contributed by atoms with Crippen molar-refractivity contribution < 1.29 is 9.53 Å². The number of nitrogens with zero attached hydrogens (tertiary/aromatic N) is 1. The zero-order chi connectivity index (χ0) is 16.1. The monoisotopic (exact) mass is 394 g/mol. The van der Waals surface area contributed by atoms with E-state index in [1.165, 1.54) is 4.88 Å². The molecule has 0 bridgehead atoms. The van der Waals surface area contributed by atoms with Gasteiger partial charge in [-0.1, -0.05) is 28.1 Å². The van der Waals surface area contributed by atoms with Crippen LogP contribution in [-0.4, -0.2) is 43.7 Å². The quantitative estimate of drug-likeness (QED) is 0.845. The van der Waals surface area contributed by atoms with Gasteiger partial charge in [0.25, 0.3) is 5.91 Å². The van der Waals surface area contributed by atoms with Crippen molar-refractivity contribution in [3.8, 4) is 0 Å². The van der Waals surface area contributed by atoms with E-state index < -0.39 is 0 Å². The molecule has 0 unspecified atom stereocenters. The second-order valence-electron chi connectivity index (χ2n) is 5.40. The summed E-state index contributed by atoms with van der Waals surface area (Å²) in [6, 6.07) is 11.9. The molecular formula is C17H19BrN2O2S. The number of ether oxygens (including phenoxy) is 1. The van der Waals surface area contributed by atoms with Gasteiger partial charge in [0.15, 0.2) is 0 Å². The third-order valence-corrected chi connectivity index (χ3v) is 5.37. The highest BCUT2D eigenvalue weighted by Gasteiger charge is 2.24. The molecule has 1 fully saturated rings. The molecule has 1 aromatic carbocycles. The Morgan fingerprint density at radius 1 is 1.30 bits per heavy atom. The van der Waals surface area contributed by atoms with E-state index in [4.69, 9.17) is 4.74 Å². The van der Waals surface area contributed by atoms with Crippen LogP contribution in [0.4, 0.5) is 0 Å².